The molecule has 0 fully saturated rings. The summed E-state index contributed by atoms with van der Waals surface area (Å²) in [7, 11) is 0. The van der Waals surface area contributed by atoms with Gasteiger partial charge in [-0.25, -0.2) is 23.7 Å². The number of hydrogen-bond donors (Lipinski definition) is 2. The minimum absolute atomic E-state index is 0.0183. The Kier molecular flexibility index (Phi) is 4.61. The fraction of sp³-hybridized carbons (Fsp3) is 0.105. The van der Waals surface area contributed by atoms with E-state index in [0.717, 1.165) is 0 Å². The molecular formula is C19H12F5N5. The summed E-state index contributed by atoms with van der Waals surface area (Å²) in [5, 5.41) is 5.38. The van der Waals surface area contributed by atoms with Crippen LogP contribution in [-0.2, 0) is 6.42 Å². The van der Waals surface area contributed by atoms with Crippen LogP contribution in [0.1, 0.15) is 5.69 Å². The Morgan fingerprint density at radius 3 is 1.79 bits per heavy atom. The zero-order chi connectivity index (χ0) is 20.6. The quantitative estimate of drug-likeness (QED) is 0.568. The lowest BCUT2D eigenvalue weighted by molar-refractivity contribution is -0.0597. The van der Waals surface area contributed by atoms with Gasteiger partial charge in [-0.05, 0) is 24.3 Å². The molecule has 2 aromatic carbocycles. The second kappa shape index (κ2) is 7.12. The number of nitrogens with zero attached hydrogens (tertiary/aromatic N) is 3. The van der Waals surface area contributed by atoms with Crippen molar-refractivity contribution in [3.63, 3.8) is 0 Å². The highest BCUT2D eigenvalue weighted by molar-refractivity contribution is 5.97. The van der Waals surface area contributed by atoms with Gasteiger partial charge >= 0.3 is 6.18 Å². The Morgan fingerprint density at radius 1 is 0.759 bits per heavy atom. The molecule has 29 heavy (non-hydrogen) atoms. The van der Waals surface area contributed by atoms with Crippen molar-refractivity contribution in [2.24, 2.45) is 4.99 Å². The molecule has 5 nitrogen and oxygen atoms in total. The van der Waals surface area contributed by atoms with Crippen LogP contribution in [0.2, 0.25) is 0 Å². The fourth-order valence-electron chi connectivity index (χ4n) is 2.71. The molecule has 1 aromatic heterocycles. The van der Waals surface area contributed by atoms with Crippen LogP contribution in [0.15, 0.2) is 53.5 Å². The molecule has 148 valence electrons. The van der Waals surface area contributed by atoms with Crippen molar-refractivity contribution < 1.29 is 22.0 Å². The summed E-state index contributed by atoms with van der Waals surface area (Å²) in [6.07, 6.45) is -5.18. The average molecular weight is 405 g/mol. The number of para-hydroxylation sites is 2. The number of aliphatic imine (C=N–C) groups is 1. The number of benzene rings is 2. The van der Waals surface area contributed by atoms with Crippen LogP contribution in [0.3, 0.4) is 0 Å². The number of anilines is 4. The zero-order valence-electron chi connectivity index (χ0n) is 14.6. The molecular weight excluding hydrogens is 393 g/mol. The van der Waals surface area contributed by atoms with E-state index in [1.165, 1.54) is 36.4 Å². The topological polar surface area (TPSA) is 62.2 Å². The minimum Gasteiger partial charge on any atom is -0.335 e. The number of halogens is 5. The standard InChI is InChI=1S/C19H12F5N5/c20-10-5-1-3-7-12(10)25-17-18(26-13-8-4-2-6-11(13)21)29-16-14(27-17)9-15(28-16)19(22,23)24/h1-8H,9H2,(H,25,27)(H,26,29). The van der Waals surface area contributed by atoms with Crippen molar-refractivity contribution in [3.8, 4) is 0 Å². The van der Waals surface area contributed by atoms with E-state index in [9.17, 15) is 22.0 Å². The molecule has 2 heterocycles. The Bertz CT molecular complexity index is 1110. The summed E-state index contributed by atoms with van der Waals surface area (Å²) in [5.41, 5.74) is -0.993. The molecule has 0 saturated carbocycles. The molecule has 0 bridgehead atoms. The molecule has 2 N–H and O–H groups in total. The number of fused-ring (bicyclic) bond motifs is 1. The van der Waals surface area contributed by atoms with Gasteiger partial charge in [-0.3, -0.25) is 0 Å². The summed E-state index contributed by atoms with van der Waals surface area (Å²) in [6.45, 7) is 0. The third kappa shape index (κ3) is 3.86. The molecule has 0 radical (unpaired) electrons. The van der Waals surface area contributed by atoms with Crippen LogP contribution in [0.25, 0.3) is 0 Å². The summed E-state index contributed by atoms with van der Waals surface area (Å²) in [4.78, 5) is 11.7. The van der Waals surface area contributed by atoms with Crippen molar-refractivity contribution in [1.82, 2.24) is 9.97 Å². The molecule has 0 amide bonds. The van der Waals surface area contributed by atoms with E-state index in [2.05, 4.69) is 25.6 Å². The van der Waals surface area contributed by atoms with E-state index in [-0.39, 0.29) is 34.5 Å². The van der Waals surface area contributed by atoms with Crippen LogP contribution in [0, 0.1) is 11.6 Å². The number of aromatic nitrogens is 2. The van der Waals surface area contributed by atoms with Crippen molar-refractivity contribution >= 4 is 34.5 Å². The van der Waals surface area contributed by atoms with Gasteiger partial charge in [-0.2, -0.15) is 13.2 Å². The Morgan fingerprint density at radius 2 is 1.28 bits per heavy atom. The molecule has 4 rings (SSSR count). The van der Waals surface area contributed by atoms with Crippen molar-refractivity contribution in [2.75, 3.05) is 10.6 Å². The van der Waals surface area contributed by atoms with E-state index >= 15 is 0 Å². The zero-order valence-corrected chi connectivity index (χ0v) is 14.6. The van der Waals surface area contributed by atoms with Crippen LogP contribution in [0.5, 0.6) is 0 Å². The predicted octanol–water partition coefficient (Wildman–Crippen LogP) is 5.43. The normalized spacial score (nSPS) is 13.1. The van der Waals surface area contributed by atoms with E-state index in [1.807, 2.05) is 0 Å². The maximum atomic E-state index is 14.0. The Hall–Kier alpha value is -3.56. The van der Waals surface area contributed by atoms with Gasteiger partial charge in [0.05, 0.1) is 17.1 Å². The van der Waals surface area contributed by atoms with Gasteiger partial charge in [0.25, 0.3) is 0 Å². The van der Waals surface area contributed by atoms with Crippen LogP contribution in [-0.4, -0.2) is 21.9 Å². The first-order chi connectivity index (χ1) is 13.8. The van der Waals surface area contributed by atoms with Gasteiger partial charge in [0.15, 0.2) is 17.5 Å². The van der Waals surface area contributed by atoms with E-state index in [4.69, 9.17) is 0 Å². The SMILES string of the molecule is Fc1ccccc1Nc1nc2c(nc1Nc1ccccc1F)N=C(C(F)(F)F)C2. The smallest absolute Gasteiger partial charge is 0.335 e. The molecule has 0 spiro atoms. The van der Waals surface area contributed by atoms with Gasteiger partial charge < -0.3 is 10.6 Å². The number of rotatable bonds is 4. The summed E-state index contributed by atoms with van der Waals surface area (Å²) < 4.78 is 67.1. The number of nitrogens with one attached hydrogen (secondary N) is 2. The second-order valence-electron chi connectivity index (χ2n) is 6.13. The summed E-state index contributed by atoms with van der Waals surface area (Å²) >= 11 is 0. The molecule has 1 aliphatic rings. The molecule has 0 aliphatic carbocycles. The van der Waals surface area contributed by atoms with Crippen molar-refractivity contribution in [3.05, 3.63) is 65.9 Å². The highest BCUT2D eigenvalue weighted by Crippen LogP contribution is 2.36. The predicted molar refractivity (Wildman–Crippen MR) is 98.3 cm³/mol. The van der Waals surface area contributed by atoms with Crippen LogP contribution >= 0.6 is 0 Å². The molecule has 3 aromatic rings. The maximum absolute atomic E-state index is 14.0. The number of hydrogen-bond acceptors (Lipinski definition) is 5. The summed E-state index contributed by atoms with van der Waals surface area (Å²) in [6, 6.07) is 11.3. The lowest BCUT2D eigenvalue weighted by Crippen LogP contribution is -2.22. The van der Waals surface area contributed by atoms with Gasteiger partial charge in [0, 0.05) is 6.42 Å². The summed E-state index contributed by atoms with van der Waals surface area (Å²) in [5.74, 6) is -1.58. The minimum atomic E-state index is -4.62. The lowest BCUT2D eigenvalue weighted by atomic mass is 10.2. The lowest BCUT2D eigenvalue weighted by Gasteiger charge is -2.14. The first kappa shape index (κ1) is 18.8. The largest absolute Gasteiger partial charge is 0.429 e. The highest BCUT2D eigenvalue weighted by atomic mass is 19.4. The van der Waals surface area contributed by atoms with Crippen molar-refractivity contribution in [2.45, 2.75) is 12.6 Å². The van der Waals surface area contributed by atoms with Gasteiger partial charge in [-0.15, -0.1) is 0 Å². The second-order valence-corrected chi connectivity index (χ2v) is 6.13. The fourth-order valence-corrected chi connectivity index (χ4v) is 2.71. The first-order valence-corrected chi connectivity index (χ1v) is 8.40. The highest BCUT2D eigenvalue weighted by Gasteiger charge is 2.40. The van der Waals surface area contributed by atoms with Gasteiger partial charge in [0.2, 0.25) is 0 Å². The molecule has 1 aliphatic heterocycles. The van der Waals surface area contributed by atoms with Crippen molar-refractivity contribution in [1.29, 1.82) is 0 Å². The first-order valence-electron chi connectivity index (χ1n) is 8.40. The van der Waals surface area contributed by atoms with Gasteiger partial charge in [-0.1, -0.05) is 24.3 Å². The van der Waals surface area contributed by atoms with E-state index in [1.54, 1.807) is 12.1 Å². The maximum Gasteiger partial charge on any atom is 0.429 e. The van der Waals surface area contributed by atoms with E-state index < -0.39 is 29.9 Å². The Balaban J connectivity index is 1.77. The molecule has 10 heteroatoms. The third-order valence-electron chi connectivity index (χ3n) is 4.10. The third-order valence-corrected chi connectivity index (χ3v) is 4.10. The monoisotopic (exact) mass is 405 g/mol. The van der Waals surface area contributed by atoms with E-state index in [0.29, 0.717) is 0 Å². The van der Waals surface area contributed by atoms with Crippen LogP contribution < -0.4 is 10.6 Å². The van der Waals surface area contributed by atoms with Gasteiger partial charge in [0.1, 0.15) is 17.3 Å². The molecule has 0 saturated heterocycles. The number of alkyl halides is 3. The molecule has 0 unspecified atom stereocenters. The Labute approximate surface area is 161 Å². The average Bonchev–Trinajstić information content (AvgIpc) is 3.09. The van der Waals surface area contributed by atoms with Crippen LogP contribution in [0.4, 0.5) is 50.8 Å². The molecule has 0 atom stereocenters.